The zero-order chi connectivity index (χ0) is 14.1. The van der Waals surface area contributed by atoms with Crippen molar-refractivity contribution in [3.05, 3.63) is 23.8 Å². The van der Waals surface area contributed by atoms with E-state index in [9.17, 15) is 4.79 Å². The van der Waals surface area contributed by atoms with Gasteiger partial charge in [-0.15, -0.1) is 0 Å². The zero-order valence-electron chi connectivity index (χ0n) is 12.0. The van der Waals surface area contributed by atoms with Crippen LogP contribution >= 0.6 is 0 Å². The van der Waals surface area contributed by atoms with Gasteiger partial charge < -0.3 is 15.4 Å². The van der Waals surface area contributed by atoms with Crippen molar-refractivity contribution in [1.82, 2.24) is 0 Å². The Kier molecular flexibility index (Phi) is 3.66. The number of benzene rings is 1. The van der Waals surface area contributed by atoms with E-state index < -0.39 is 0 Å². The molecule has 20 heavy (non-hydrogen) atoms. The third-order valence-corrected chi connectivity index (χ3v) is 4.36. The van der Waals surface area contributed by atoms with Crippen molar-refractivity contribution in [1.29, 1.82) is 0 Å². The van der Waals surface area contributed by atoms with Crippen LogP contribution in [0.2, 0.25) is 0 Å². The quantitative estimate of drug-likeness (QED) is 0.858. The first-order valence-corrected chi connectivity index (χ1v) is 7.47. The number of nitrogens with zero attached hydrogens (tertiary/aromatic N) is 1. The zero-order valence-corrected chi connectivity index (χ0v) is 12.0. The van der Waals surface area contributed by atoms with Gasteiger partial charge in [0.05, 0.1) is 6.10 Å². The van der Waals surface area contributed by atoms with E-state index in [2.05, 4.69) is 0 Å². The van der Waals surface area contributed by atoms with E-state index in [1.165, 1.54) is 5.56 Å². The van der Waals surface area contributed by atoms with Gasteiger partial charge in [-0.3, -0.25) is 4.79 Å². The molecule has 0 radical (unpaired) electrons. The van der Waals surface area contributed by atoms with Crippen molar-refractivity contribution in [2.24, 2.45) is 5.92 Å². The topological polar surface area (TPSA) is 55.6 Å². The Labute approximate surface area is 119 Å². The number of rotatable bonds is 4. The van der Waals surface area contributed by atoms with E-state index in [0.717, 1.165) is 43.8 Å². The summed E-state index contributed by atoms with van der Waals surface area (Å²) in [6.45, 7) is 3.58. The Balaban J connectivity index is 1.58. The molecule has 1 fully saturated rings. The molecule has 1 aromatic carbocycles. The molecule has 0 saturated heterocycles. The molecule has 4 heteroatoms. The summed E-state index contributed by atoms with van der Waals surface area (Å²) in [7, 11) is 0. The molecule has 0 atom stereocenters. The van der Waals surface area contributed by atoms with Crippen molar-refractivity contribution < 1.29 is 9.53 Å². The number of nitrogen functional groups attached to an aromatic ring is 1. The van der Waals surface area contributed by atoms with Crippen molar-refractivity contribution >= 4 is 17.3 Å². The minimum atomic E-state index is 0.244. The lowest BCUT2D eigenvalue weighted by molar-refractivity contribution is -0.121. The van der Waals surface area contributed by atoms with Crippen LogP contribution in [0.15, 0.2) is 18.2 Å². The Hall–Kier alpha value is -1.55. The van der Waals surface area contributed by atoms with Crippen LogP contribution in [0.4, 0.5) is 11.4 Å². The molecule has 0 spiro atoms. The molecule has 1 aromatic rings. The van der Waals surface area contributed by atoms with Crippen LogP contribution in [0.5, 0.6) is 0 Å². The van der Waals surface area contributed by atoms with Gasteiger partial charge in [0.1, 0.15) is 0 Å². The highest BCUT2D eigenvalue weighted by atomic mass is 16.5. The smallest absolute Gasteiger partial charge is 0.227 e. The predicted molar refractivity (Wildman–Crippen MR) is 79.7 cm³/mol. The van der Waals surface area contributed by atoms with E-state index in [1.54, 1.807) is 0 Å². The molecule has 2 N–H and O–H groups in total. The van der Waals surface area contributed by atoms with Crippen LogP contribution in [0.25, 0.3) is 0 Å². The first-order valence-electron chi connectivity index (χ1n) is 7.47. The highest BCUT2D eigenvalue weighted by Crippen LogP contribution is 2.35. The molecule has 2 aliphatic rings. The number of nitrogens with two attached hydrogens (primary N) is 1. The summed E-state index contributed by atoms with van der Waals surface area (Å²) in [6, 6.07) is 5.83. The number of fused-ring (bicyclic) bond motifs is 1. The molecule has 0 aromatic heterocycles. The second-order valence-corrected chi connectivity index (χ2v) is 5.80. The summed E-state index contributed by atoms with van der Waals surface area (Å²) >= 11 is 0. The maximum atomic E-state index is 12.4. The Morgan fingerprint density at radius 1 is 1.45 bits per heavy atom. The second kappa shape index (κ2) is 5.44. The Morgan fingerprint density at radius 3 is 3.00 bits per heavy atom. The van der Waals surface area contributed by atoms with E-state index in [-0.39, 0.29) is 5.91 Å². The first-order chi connectivity index (χ1) is 9.67. The number of ether oxygens (including phenoxy) is 1. The van der Waals surface area contributed by atoms with Crippen LogP contribution in [-0.2, 0) is 16.0 Å². The monoisotopic (exact) mass is 274 g/mol. The normalized spacial score (nSPS) is 24.4. The standard InChI is InChI=1S/C16H22N2O2/c1-2-20-14-7-11(8-14)9-16(19)18-6-5-12-10-13(17)3-4-15(12)18/h3-4,10-11,14H,2,5-9,17H2,1H3. The summed E-state index contributed by atoms with van der Waals surface area (Å²) in [4.78, 5) is 14.3. The van der Waals surface area contributed by atoms with E-state index in [1.807, 2.05) is 30.0 Å². The second-order valence-electron chi connectivity index (χ2n) is 5.80. The van der Waals surface area contributed by atoms with Crippen molar-refractivity contribution in [3.63, 3.8) is 0 Å². The lowest BCUT2D eigenvalue weighted by atomic mass is 9.79. The minimum absolute atomic E-state index is 0.244. The van der Waals surface area contributed by atoms with Gasteiger partial charge in [0.15, 0.2) is 0 Å². The SMILES string of the molecule is CCOC1CC(CC(=O)N2CCc3cc(N)ccc32)C1. The van der Waals surface area contributed by atoms with Gasteiger partial charge in [-0.2, -0.15) is 0 Å². The fourth-order valence-corrected chi connectivity index (χ4v) is 3.25. The van der Waals surface area contributed by atoms with Crippen LogP contribution in [0.3, 0.4) is 0 Å². The summed E-state index contributed by atoms with van der Waals surface area (Å²) in [5.74, 6) is 0.741. The summed E-state index contributed by atoms with van der Waals surface area (Å²) < 4.78 is 5.55. The van der Waals surface area contributed by atoms with Gasteiger partial charge in [-0.25, -0.2) is 0 Å². The average Bonchev–Trinajstić information content (AvgIpc) is 2.79. The number of carbonyl (C=O) groups is 1. The van der Waals surface area contributed by atoms with Gasteiger partial charge in [-0.05, 0) is 55.9 Å². The molecule has 108 valence electrons. The van der Waals surface area contributed by atoms with E-state index >= 15 is 0 Å². The fourth-order valence-electron chi connectivity index (χ4n) is 3.25. The minimum Gasteiger partial charge on any atom is -0.399 e. The number of hydrogen-bond donors (Lipinski definition) is 1. The number of amides is 1. The maximum absolute atomic E-state index is 12.4. The molecule has 4 nitrogen and oxygen atoms in total. The Bertz CT molecular complexity index is 509. The number of hydrogen-bond acceptors (Lipinski definition) is 3. The van der Waals surface area contributed by atoms with Crippen molar-refractivity contribution in [3.8, 4) is 0 Å². The fraction of sp³-hybridized carbons (Fsp3) is 0.562. The molecule has 0 unspecified atom stereocenters. The predicted octanol–water partition coefficient (Wildman–Crippen LogP) is 2.36. The van der Waals surface area contributed by atoms with Gasteiger partial charge >= 0.3 is 0 Å². The van der Waals surface area contributed by atoms with Gasteiger partial charge in [0.2, 0.25) is 5.91 Å². The largest absolute Gasteiger partial charge is 0.399 e. The molecule has 3 rings (SSSR count). The summed E-state index contributed by atoms with van der Waals surface area (Å²) in [6.07, 6.45) is 4.00. The molecular weight excluding hydrogens is 252 g/mol. The highest BCUT2D eigenvalue weighted by molar-refractivity contribution is 5.95. The molecule has 1 aliphatic heterocycles. The van der Waals surface area contributed by atoms with Crippen LogP contribution in [-0.4, -0.2) is 25.2 Å². The highest BCUT2D eigenvalue weighted by Gasteiger charge is 2.33. The lowest BCUT2D eigenvalue weighted by Gasteiger charge is -2.35. The van der Waals surface area contributed by atoms with Crippen LogP contribution < -0.4 is 10.6 Å². The molecule has 1 aliphatic carbocycles. The maximum Gasteiger partial charge on any atom is 0.227 e. The molecule has 1 heterocycles. The molecule has 1 saturated carbocycles. The average molecular weight is 274 g/mol. The first kappa shape index (κ1) is 13.4. The van der Waals surface area contributed by atoms with E-state index in [4.69, 9.17) is 10.5 Å². The van der Waals surface area contributed by atoms with Crippen molar-refractivity contribution in [2.45, 2.75) is 38.7 Å². The van der Waals surface area contributed by atoms with Gasteiger partial charge in [0, 0.05) is 30.9 Å². The van der Waals surface area contributed by atoms with Gasteiger partial charge in [-0.1, -0.05) is 0 Å². The van der Waals surface area contributed by atoms with E-state index in [0.29, 0.717) is 18.4 Å². The molecular formula is C16H22N2O2. The number of anilines is 2. The lowest BCUT2D eigenvalue weighted by Crippen LogP contribution is -2.37. The number of carbonyl (C=O) groups excluding carboxylic acids is 1. The Morgan fingerprint density at radius 2 is 2.25 bits per heavy atom. The summed E-state index contributed by atoms with van der Waals surface area (Å²) in [5.41, 5.74) is 8.80. The van der Waals surface area contributed by atoms with Crippen LogP contribution in [0.1, 0.15) is 31.7 Å². The van der Waals surface area contributed by atoms with Crippen LogP contribution in [0, 0.1) is 5.92 Å². The van der Waals surface area contributed by atoms with Gasteiger partial charge in [0.25, 0.3) is 0 Å². The summed E-state index contributed by atoms with van der Waals surface area (Å²) in [5, 5.41) is 0. The molecule has 0 bridgehead atoms. The molecule has 1 amide bonds. The third kappa shape index (κ3) is 2.52. The third-order valence-electron chi connectivity index (χ3n) is 4.36. The van der Waals surface area contributed by atoms with Crippen molar-refractivity contribution in [2.75, 3.05) is 23.8 Å².